The molecule has 4 N–H and O–H groups in total. The maximum absolute atomic E-state index is 12.0. The Kier molecular flexibility index (Phi) is 5.64. The molecule has 0 radical (unpaired) electrons. The average Bonchev–Trinajstić information content (AvgIpc) is 2.56. The van der Waals surface area contributed by atoms with Crippen molar-refractivity contribution >= 4 is 23.5 Å². The van der Waals surface area contributed by atoms with E-state index in [9.17, 15) is 14.4 Å². The monoisotopic (exact) mass is 327 g/mol. The second kappa shape index (κ2) is 7.89. The molecule has 0 heterocycles. The fraction of sp³-hybridized carbons (Fsp3) is 0.118. The number of anilines is 1. The first-order chi connectivity index (χ1) is 11.5. The Balaban J connectivity index is 1.94. The summed E-state index contributed by atoms with van der Waals surface area (Å²) < 4.78 is 0. The van der Waals surface area contributed by atoms with Crippen LogP contribution in [0.15, 0.2) is 54.6 Å². The van der Waals surface area contributed by atoms with E-state index in [4.69, 9.17) is 10.9 Å². The van der Waals surface area contributed by atoms with Crippen LogP contribution in [0.1, 0.15) is 15.9 Å². The van der Waals surface area contributed by atoms with E-state index in [2.05, 4.69) is 5.32 Å². The van der Waals surface area contributed by atoms with Gasteiger partial charge in [0.25, 0.3) is 5.91 Å². The van der Waals surface area contributed by atoms with Crippen LogP contribution in [0.4, 0.5) is 5.69 Å². The molecule has 0 saturated heterocycles. The van der Waals surface area contributed by atoms with Gasteiger partial charge in [0.2, 0.25) is 5.91 Å². The van der Waals surface area contributed by atoms with Gasteiger partial charge in [-0.05, 0) is 29.8 Å². The number of nitrogens with one attached hydrogen (secondary N) is 1. The number of carbonyl (C=O) groups excluding carboxylic acids is 2. The smallest absolute Gasteiger partial charge is 0.324 e. The molecule has 0 atom stereocenters. The predicted octanol–water partition coefficient (Wildman–Crippen LogP) is 1.27. The Morgan fingerprint density at radius 2 is 1.62 bits per heavy atom. The van der Waals surface area contributed by atoms with Crippen LogP contribution in [0.3, 0.4) is 0 Å². The van der Waals surface area contributed by atoms with E-state index in [0.29, 0.717) is 21.8 Å². The Morgan fingerprint density at radius 3 is 2.21 bits per heavy atom. The van der Waals surface area contributed by atoms with Gasteiger partial charge in [-0.2, -0.15) is 0 Å². The van der Waals surface area contributed by atoms with E-state index in [0.717, 1.165) is 0 Å². The lowest BCUT2D eigenvalue weighted by Crippen LogP contribution is -2.42. The Morgan fingerprint density at radius 1 is 1.00 bits per heavy atom. The number of rotatable bonds is 6. The number of aliphatic carboxylic acids is 1. The minimum Gasteiger partial charge on any atom is -0.480 e. The maximum Gasteiger partial charge on any atom is 0.324 e. The zero-order valence-corrected chi connectivity index (χ0v) is 12.8. The zero-order valence-electron chi connectivity index (χ0n) is 12.8. The second-order valence-corrected chi connectivity index (χ2v) is 5.11. The van der Waals surface area contributed by atoms with Crippen molar-refractivity contribution in [3.8, 4) is 0 Å². The van der Waals surface area contributed by atoms with E-state index >= 15 is 0 Å². The highest BCUT2D eigenvalue weighted by atomic mass is 16.4. The lowest BCUT2D eigenvalue weighted by molar-refractivity contribution is -0.144. The highest BCUT2D eigenvalue weighted by Crippen LogP contribution is 2.12. The number of nitrogens with two attached hydrogens (primary N) is 1. The number of hydrogen-bond acceptors (Lipinski definition) is 4. The molecule has 0 aromatic heterocycles. The van der Waals surface area contributed by atoms with E-state index in [-0.39, 0.29) is 12.3 Å². The van der Waals surface area contributed by atoms with Crippen molar-refractivity contribution in [1.82, 2.24) is 5.01 Å². The number of benzene rings is 2. The number of hydrazine groups is 1. The molecule has 2 rings (SSSR count). The lowest BCUT2D eigenvalue weighted by atomic mass is 10.1. The first kappa shape index (κ1) is 17.2. The van der Waals surface area contributed by atoms with Crippen molar-refractivity contribution in [3.63, 3.8) is 0 Å². The largest absolute Gasteiger partial charge is 0.480 e. The summed E-state index contributed by atoms with van der Waals surface area (Å²) in [6.45, 7) is -0.552. The Labute approximate surface area is 138 Å². The summed E-state index contributed by atoms with van der Waals surface area (Å²) >= 11 is 0. The number of hydrogen-bond donors (Lipinski definition) is 3. The molecular weight excluding hydrogens is 310 g/mol. The molecule has 0 spiro atoms. The summed E-state index contributed by atoms with van der Waals surface area (Å²) in [5.74, 6) is 3.47. The van der Waals surface area contributed by atoms with Crippen molar-refractivity contribution in [1.29, 1.82) is 0 Å². The number of carboxylic acid groups (broad SMARTS) is 1. The molecule has 0 saturated carbocycles. The van der Waals surface area contributed by atoms with Crippen molar-refractivity contribution in [2.75, 3.05) is 11.9 Å². The fourth-order valence-corrected chi connectivity index (χ4v) is 2.01. The first-order valence-electron chi connectivity index (χ1n) is 7.18. The summed E-state index contributed by atoms with van der Waals surface area (Å²) in [5.41, 5.74) is 1.80. The maximum atomic E-state index is 12.0. The van der Waals surface area contributed by atoms with Crippen molar-refractivity contribution in [2.24, 2.45) is 5.84 Å². The highest BCUT2D eigenvalue weighted by Gasteiger charge is 2.13. The van der Waals surface area contributed by atoms with Crippen LogP contribution in [0.5, 0.6) is 0 Å². The normalized spacial score (nSPS) is 10.0. The van der Waals surface area contributed by atoms with E-state index in [1.165, 1.54) is 0 Å². The SMILES string of the molecule is NN(CC(=O)O)C(=O)Cc1ccc(NC(=O)c2ccccc2)cc1. The molecule has 7 heteroatoms. The molecule has 0 unspecified atom stereocenters. The summed E-state index contributed by atoms with van der Waals surface area (Å²) in [6.07, 6.45) is -0.0172. The summed E-state index contributed by atoms with van der Waals surface area (Å²) in [4.78, 5) is 34.3. The molecule has 0 aliphatic heterocycles. The molecule has 0 aliphatic carbocycles. The topological polar surface area (TPSA) is 113 Å². The highest BCUT2D eigenvalue weighted by molar-refractivity contribution is 6.04. The summed E-state index contributed by atoms with van der Waals surface area (Å²) in [7, 11) is 0. The molecule has 0 bridgehead atoms. The van der Waals surface area contributed by atoms with Crippen molar-refractivity contribution in [3.05, 3.63) is 65.7 Å². The van der Waals surface area contributed by atoms with Gasteiger partial charge in [-0.3, -0.25) is 19.4 Å². The zero-order chi connectivity index (χ0) is 17.5. The first-order valence-corrected chi connectivity index (χ1v) is 7.18. The number of nitrogens with zero attached hydrogens (tertiary/aromatic N) is 1. The third kappa shape index (κ3) is 4.92. The third-order valence-corrected chi connectivity index (χ3v) is 3.23. The van der Waals surface area contributed by atoms with Gasteiger partial charge in [0, 0.05) is 11.3 Å². The van der Waals surface area contributed by atoms with Gasteiger partial charge in [0.05, 0.1) is 6.42 Å². The Bertz CT molecular complexity index is 729. The fourth-order valence-electron chi connectivity index (χ4n) is 2.01. The van der Waals surface area contributed by atoms with Gasteiger partial charge in [-0.1, -0.05) is 30.3 Å². The van der Waals surface area contributed by atoms with Crippen molar-refractivity contribution < 1.29 is 19.5 Å². The van der Waals surface area contributed by atoms with E-state index in [1.807, 2.05) is 6.07 Å². The van der Waals surface area contributed by atoms with Crippen LogP contribution in [-0.2, 0) is 16.0 Å². The lowest BCUT2D eigenvalue weighted by Gasteiger charge is -2.14. The van der Waals surface area contributed by atoms with Crippen LogP contribution in [0, 0.1) is 0 Å². The Hall–Kier alpha value is -3.19. The van der Waals surface area contributed by atoms with Gasteiger partial charge in [0.15, 0.2) is 0 Å². The summed E-state index contributed by atoms with van der Waals surface area (Å²) in [6, 6.07) is 15.5. The third-order valence-electron chi connectivity index (χ3n) is 3.23. The van der Waals surface area contributed by atoms with Gasteiger partial charge in [0.1, 0.15) is 6.54 Å². The molecule has 0 aliphatic rings. The van der Waals surface area contributed by atoms with Crippen molar-refractivity contribution in [2.45, 2.75) is 6.42 Å². The molecule has 2 aromatic rings. The minimum atomic E-state index is -1.18. The predicted molar refractivity (Wildman–Crippen MR) is 88.1 cm³/mol. The van der Waals surface area contributed by atoms with Crippen LogP contribution < -0.4 is 11.2 Å². The number of carbonyl (C=O) groups is 3. The van der Waals surface area contributed by atoms with E-state index in [1.54, 1.807) is 48.5 Å². The van der Waals surface area contributed by atoms with E-state index < -0.39 is 18.4 Å². The molecule has 0 fully saturated rings. The summed E-state index contributed by atoms with van der Waals surface area (Å²) in [5, 5.41) is 12.0. The second-order valence-electron chi connectivity index (χ2n) is 5.11. The van der Waals surface area contributed by atoms with Crippen LogP contribution in [0.2, 0.25) is 0 Å². The standard InChI is InChI=1S/C17H17N3O4/c18-20(11-16(22)23)15(21)10-12-6-8-14(9-7-12)19-17(24)13-4-2-1-3-5-13/h1-9H,10-11,18H2,(H,19,24)(H,22,23). The molecule has 7 nitrogen and oxygen atoms in total. The quantitative estimate of drug-likeness (QED) is 0.420. The van der Waals surface area contributed by atoms with Crippen LogP contribution >= 0.6 is 0 Å². The molecule has 124 valence electrons. The molecule has 24 heavy (non-hydrogen) atoms. The molecule has 2 amide bonds. The van der Waals surface area contributed by atoms with Crippen LogP contribution in [-0.4, -0.2) is 34.4 Å². The molecular formula is C17H17N3O4. The molecule has 2 aromatic carbocycles. The minimum absolute atomic E-state index is 0.0172. The average molecular weight is 327 g/mol. The van der Waals surface area contributed by atoms with Gasteiger partial charge >= 0.3 is 5.97 Å². The van der Waals surface area contributed by atoms with Gasteiger partial charge in [-0.15, -0.1) is 0 Å². The van der Waals surface area contributed by atoms with Crippen LogP contribution in [0.25, 0.3) is 0 Å². The number of carboxylic acids is 1. The van der Waals surface area contributed by atoms with Gasteiger partial charge < -0.3 is 10.4 Å². The van der Waals surface area contributed by atoms with Gasteiger partial charge in [-0.25, -0.2) is 5.84 Å². The number of amides is 2.